The van der Waals surface area contributed by atoms with Gasteiger partial charge in [-0.3, -0.25) is 4.79 Å². The predicted molar refractivity (Wildman–Crippen MR) is 47.5 cm³/mol. The number of thioether (sulfide) groups is 1. The Morgan fingerprint density at radius 2 is 2.55 bits per heavy atom. The van der Waals surface area contributed by atoms with Crippen molar-refractivity contribution in [3.63, 3.8) is 0 Å². The lowest BCUT2D eigenvalue weighted by molar-refractivity contribution is -0.120. The highest BCUT2D eigenvalue weighted by Gasteiger charge is 2.22. The molecule has 0 aromatic heterocycles. The molecule has 4 heteroatoms. The first-order valence-corrected chi connectivity index (χ1v) is 4.76. The Labute approximate surface area is 71.3 Å². The fraction of sp³-hybridized carbons (Fsp3) is 0.857. The van der Waals surface area contributed by atoms with Crippen LogP contribution in [0.5, 0.6) is 0 Å². The normalized spacial score (nSPS) is 30.4. The lowest BCUT2D eigenvalue weighted by Gasteiger charge is -2.07. The van der Waals surface area contributed by atoms with Crippen LogP contribution in [0.15, 0.2) is 0 Å². The number of carbonyl (C=O) groups is 1. The molecule has 1 amide bonds. The topological polar surface area (TPSA) is 41.1 Å². The molecule has 2 atom stereocenters. The maximum Gasteiger partial charge on any atom is 0.222 e. The molecule has 1 rings (SSSR count). The Kier molecular flexibility index (Phi) is 3.20. The quantitative estimate of drug-likeness (QED) is 0.627. The highest BCUT2D eigenvalue weighted by molar-refractivity contribution is 8.00. The summed E-state index contributed by atoms with van der Waals surface area (Å²) in [5.41, 5.74) is 0. The number of carbonyl (C=O) groups excluding carboxylic acids is 1. The smallest absolute Gasteiger partial charge is 0.222 e. The molecule has 1 aliphatic rings. The summed E-state index contributed by atoms with van der Waals surface area (Å²) in [6, 6.07) is 0. The third-order valence-electron chi connectivity index (χ3n) is 1.68. The monoisotopic (exact) mass is 174 g/mol. The first kappa shape index (κ1) is 8.87. The van der Waals surface area contributed by atoms with Gasteiger partial charge in [0.15, 0.2) is 0 Å². The molecule has 0 bridgehead atoms. The van der Waals surface area contributed by atoms with Gasteiger partial charge in [0, 0.05) is 18.8 Å². The van der Waals surface area contributed by atoms with Crippen LogP contribution in [0.3, 0.4) is 0 Å². The van der Waals surface area contributed by atoms with E-state index in [0.29, 0.717) is 17.0 Å². The number of rotatable bonds is 2. The van der Waals surface area contributed by atoms with Gasteiger partial charge in [-0.2, -0.15) is 0 Å². The van der Waals surface area contributed by atoms with Crippen LogP contribution in [0.2, 0.25) is 0 Å². The highest BCUT2D eigenvalue weighted by atomic mass is 32.2. The van der Waals surface area contributed by atoms with Gasteiger partial charge in [-0.05, 0) is 0 Å². The average molecular weight is 174 g/mol. The average Bonchev–Trinajstić information content (AvgIpc) is 2.35. The van der Waals surface area contributed by atoms with Crippen LogP contribution in [0, 0.1) is 0 Å². The van der Waals surface area contributed by atoms with Gasteiger partial charge in [-0.1, -0.05) is 6.92 Å². The Hall–Kier alpha value is -0.220. The zero-order valence-electron chi connectivity index (χ0n) is 6.89. The van der Waals surface area contributed by atoms with Crippen molar-refractivity contribution in [2.24, 2.45) is 0 Å². The minimum absolute atomic E-state index is 0.115. The van der Waals surface area contributed by atoms with Gasteiger partial charge >= 0.3 is 0 Å². The van der Waals surface area contributed by atoms with Crippen LogP contribution in [-0.2, 0) is 4.79 Å². The molecule has 0 aromatic carbocycles. The molecule has 0 radical (unpaired) electrons. The Morgan fingerprint density at radius 3 is 3.00 bits per heavy atom. The van der Waals surface area contributed by atoms with Crippen molar-refractivity contribution in [1.29, 1.82) is 0 Å². The minimum atomic E-state index is 0.115. The molecule has 1 saturated heterocycles. The fourth-order valence-electron chi connectivity index (χ4n) is 1.06. The van der Waals surface area contributed by atoms with Crippen molar-refractivity contribution in [3.8, 4) is 0 Å². The molecule has 2 unspecified atom stereocenters. The first-order valence-electron chi connectivity index (χ1n) is 3.82. The molecular weight excluding hydrogens is 160 g/mol. The lowest BCUT2D eigenvalue weighted by Crippen LogP contribution is -2.28. The Bertz CT molecular complexity index is 151. The Balaban J connectivity index is 2.23. The summed E-state index contributed by atoms with van der Waals surface area (Å²) in [7, 11) is 1.67. The van der Waals surface area contributed by atoms with E-state index in [1.165, 1.54) is 0 Å². The number of hydrogen-bond acceptors (Lipinski definition) is 3. The van der Waals surface area contributed by atoms with Crippen LogP contribution in [0.25, 0.3) is 0 Å². The van der Waals surface area contributed by atoms with E-state index >= 15 is 0 Å². The van der Waals surface area contributed by atoms with Crippen LogP contribution in [0.1, 0.15) is 13.3 Å². The van der Waals surface area contributed by atoms with E-state index in [-0.39, 0.29) is 5.91 Å². The van der Waals surface area contributed by atoms with E-state index in [1.807, 2.05) is 11.8 Å². The first-order chi connectivity index (χ1) is 5.22. The van der Waals surface area contributed by atoms with E-state index in [0.717, 1.165) is 6.54 Å². The van der Waals surface area contributed by atoms with Crippen LogP contribution in [-0.4, -0.2) is 30.1 Å². The van der Waals surface area contributed by atoms with Crippen LogP contribution >= 0.6 is 11.8 Å². The maximum absolute atomic E-state index is 10.9. The molecule has 0 aromatic rings. The molecule has 1 fully saturated rings. The maximum atomic E-state index is 10.9. The summed E-state index contributed by atoms with van der Waals surface area (Å²) in [4.78, 5) is 10.9. The molecule has 64 valence electrons. The van der Waals surface area contributed by atoms with Crippen molar-refractivity contribution in [3.05, 3.63) is 0 Å². The van der Waals surface area contributed by atoms with Crippen molar-refractivity contribution < 1.29 is 4.79 Å². The van der Waals surface area contributed by atoms with Crippen molar-refractivity contribution >= 4 is 17.7 Å². The third kappa shape index (κ3) is 2.71. The fourth-order valence-corrected chi connectivity index (χ4v) is 2.26. The molecule has 0 spiro atoms. The summed E-state index contributed by atoms with van der Waals surface area (Å²) >= 11 is 1.84. The zero-order valence-corrected chi connectivity index (χ0v) is 7.70. The van der Waals surface area contributed by atoms with Crippen molar-refractivity contribution in [2.45, 2.75) is 24.0 Å². The van der Waals surface area contributed by atoms with Gasteiger partial charge in [-0.15, -0.1) is 11.8 Å². The lowest BCUT2D eigenvalue weighted by atomic mass is 10.4. The largest absolute Gasteiger partial charge is 0.359 e. The van der Waals surface area contributed by atoms with Gasteiger partial charge in [0.2, 0.25) is 5.91 Å². The molecule has 11 heavy (non-hydrogen) atoms. The second kappa shape index (κ2) is 3.97. The molecule has 0 aliphatic carbocycles. The zero-order chi connectivity index (χ0) is 8.27. The highest BCUT2D eigenvalue weighted by Crippen LogP contribution is 2.23. The van der Waals surface area contributed by atoms with Gasteiger partial charge in [0.25, 0.3) is 0 Å². The molecular formula is C7H14N2OS. The third-order valence-corrected chi connectivity index (χ3v) is 2.97. The number of hydrogen-bond donors (Lipinski definition) is 2. The molecule has 3 nitrogen and oxygen atoms in total. The SMILES string of the molecule is CNC(=O)CC1NCC(C)S1. The standard InChI is InChI=1S/C7H14N2OS/c1-5-4-9-7(11-5)3-6(10)8-2/h5,7,9H,3-4H2,1-2H3,(H,8,10). The van der Waals surface area contributed by atoms with Gasteiger partial charge in [0.1, 0.15) is 0 Å². The van der Waals surface area contributed by atoms with E-state index in [1.54, 1.807) is 7.05 Å². The van der Waals surface area contributed by atoms with Crippen molar-refractivity contribution in [1.82, 2.24) is 10.6 Å². The molecule has 2 N–H and O–H groups in total. The number of nitrogens with one attached hydrogen (secondary N) is 2. The summed E-state index contributed by atoms with van der Waals surface area (Å²) < 4.78 is 0. The van der Waals surface area contributed by atoms with Gasteiger partial charge in [-0.25, -0.2) is 0 Å². The van der Waals surface area contributed by atoms with E-state index < -0.39 is 0 Å². The second-order valence-corrected chi connectivity index (χ2v) is 4.37. The van der Waals surface area contributed by atoms with E-state index in [9.17, 15) is 4.79 Å². The Morgan fingerprint density at radius 1 is 1.82 bits per heavy atom. The number of amides is 1. The van der Waals surface area contributed by atoms with Gasteiger partial charge in [0.05, 0.1) is 11.8 Å². The van der Waals surface area contributed by atoms with Crippen LogP contribution in [0.4, 0.5) is 0 Å². The van der Waals surface area contributed by atoms with Gasteiger partial charge < -0.3 is 10.6 Å². The van der Waals surface area contributed by atoms with E-state index in [4.69, 9.17) is 0 Å². The summed E-state index contributed by atoms with van der Waals surface area (Å²) in [6.45, 7) is 3.19. The van der Waals surface area contributed by atoms with Crippen molar-refractivity contribution in [2.75, 3.05) is 13.6 Å². The summed E-state index contributed by atoms with van der Waals surface area (Å²) in [5.74, 6) is 0.115. The molecule has 1 aliphatic heterocycles. The molecule has 0 saturated carbocycles. The van der Waals surface area contributed by atoms with E-state index in [2.05, 4.69) is 17.6 Å². The molecule has 1 heterocycles. The minimum Gasteiger partial charge on any atom is -0.359 e. The predicted octanol–water partition coefficient (Wildman–Crippen LogP) is 0.173. The summed E-state index contributed by atoms with van der Waals surface area (Å²) in [5, 5.41) is 6.86. The van der Waals surface area contributed by atoms with Crippen LogP contribution < -0.4 is 10.6 Å². The second-order valence-electron chi connectivity index (χ2n) is 2.72. The summed E-state index contributed by atoms with van der Waals surface area (Å²) in [6.07, 6.45) is 0.589.